The van der Waals surface area contributed by atoms with Crippen LogP contribution in [0.5, 0.6) is 0 Å². The number of aromatic nitrogens is 3. The maximum Gasteiger partial charge on any atom is 0.234 e. The number of thioether (sulfide) groups is 1. The minimum atomic E-state index is -0.106. The van der Waals surface area contributed by atoms with E-state index >= 15 is 0 Å². The number of amides is 2. The monoisotopic (exact) mass is 535 g/mol. The van der Waals surface area contributed by atoms with Gasteiger partial charge >= 0.3 is 0 Å². The molecule has 0 aliphatic heterocycles. The highest BCUT2D eigenvalue weighted by Crippen LogP contribution is 2.20. The van der Waals surface area contributed by atoms with Crippen LogP contribution >= 0.6 is 34.4 Å². The summed E-state index contributed by atoms with van der Waals surface area (Å²) in [6, 6.07) is 15.4. The zero-order valence-electron chi connectivity index (χ0n) is 16.7. The maximum absolute atomic E-state index is 12.3. The number of aryl methyl sites for hydroxylation is 1. The Bertz CT molecular complexity index is 1040. The summed E-state index contributed by atoms with van der Waals surface area (Å²) < 4.78 is 2.91. The molecule has 2 N–H and O–H groups in total. The lowest BCUT2D eigenvalue weighted by Gasteiger charge is -2.09. The van der Waals surface area contributed by atoms with E-state index in [0.717, 1.165) is 20.4 Å². The van der Waals surface area contributed by atoms with Gasteiger partial charge in [-0.05, 0) is 58.8 Å². The number of nitrogens with zero attached hydrogens (tertiary/aromatic N) is 3. The molecular formula is C21H22IN5O2S. The zero-order chi connectivity index (χ0) is 21.5. The van der Waals surface area contributed by atoms with Crippen molar-refractivity contribution in [3.05, 3.63) is 69.1 Å². The van der Waals surface area contributed by atoms with Crippen molar-refractivity contribution < 1.29 is 9.59 Å². The summed E-state index contributed by atoms with van der Waals surface area (Å²) >= 11 is 3.55. The van der Waals surface area contributed by atoms with Crippen LogP contribution in [0, 0.1) is 10.5 Å². The first-order valence-electron chi connectivity index (χ1n) is 9.30. The molecule has 3 aromatic rings. The number of halogens is 1. The van der Waals surface area contributed by atoms with E-state index in [1.165, 1.54) is 11.8 Å². The lowest BCUT2D eigenvalue weighted by atomic mass is 10.1. The summed E-state index contributed by atoms with van der Waals surface area (Å²) in [7, 11) is 1.82. The first-order valence-corrected chi connectivity index (χ1v) is 11.4. The standard InChI is InChI=1S/C21H22IN5O2S/c1-14-10-16(22)8-9-17(14)24-20(29)13-30-21-26-25-18(27(21)2)12-23-19(28)11-15-6-4-3-5-7-15/h3-10H,11-13H2,1-2H3,(H,23,28)(H,24,29). The predicted octanol–water partition coefficient (Wildman–Crippen LogP) is 3.32. The lowest BCUT2D eigenvalue weighted by molar-refractivity contribution is -0.120. The van der Waals surface area contributed by atoms with Crippen molar-refractivity contribution in [3.8, 4) is 0 Å². The lowest BCUT2D eigenvalue weighted by Crippen LogP contribution is -2.26. The number of hydrogen-bond donors (Lipinski definition) is 2. The largest absolute Gasteiger partial charge is 0.349 e. The number of hydrogen-bond acceptors (Lipinski definition) is 5. The highest BCUT2D eigenvalue weighted by Gasteiger charge is 2.13. The second-order valence-corrected chi connectivity index (χ2v) is 8.88. The SMILES string of the molecule is Cc1cc(I)ccc1NC(=O)CSc1nnc(CNC(=O)Cc2ccccc2)n1C. The van der Waals surface area contributed by atoms with Crippen LogP contribution in [0.3, 0.4) is 0 Å². The molecule has 3 rings (SSSR count). The van der Waals surface area contributed by atoms with Crippen LogP contribution < -0.4 is 10.6 Å². The fraction of sp³-hybridized carbons (Fsp3) is 0.238. The number of carbonyl (C=O) groups excluding carboxylic acids is 2. The Morgan fingerprint density at radius 2 is 1.87 bits per heavy atom. The van der Waals surface area contributed by atoms with Crippen molar-refractivity contribution in [2.45, 2.75) is 25.0 Å². The van der Waals surface area contributed by atoms with Crippen molar-refractivity contribution in [3.63, 3.8) is 0 Å². The van der Waals surface area contributed by atoms with Crippen molar-refractivity contribution in [2.75, 3.05) is 11.1 Å². The molecular weight excluding hydrogens is 513 g/mol. The molecule has 0 radical (unpaired) electrons. The first-order chi connectivity index (χ1) is 14.4. The first kappa shape index (κ1) is 22.3. The number of carbonyl (C=O) groups is 2. The Kier molecular flexibility index (Phi) is 7.86. The van der Waals surface area contributed by atoms with Crippen molar-refractivity contribution in [2.24, 2.45) is 7.05 Å². The third-order valence-corrected chi connectivity index (χ3v) is 6.06. The van der Waals surface area contributed by atoms with Crippen LogP contribution in [0.4, 0.5) is 5.69 Å². The van der Waals surface area contributed by atoms with Gasteiger partial charge in [0.2, 0.25) is 11.8 Å². The second kappa shape index (κ2) is 10.6. The van der Waals surface area contributed by atoms with E-state index < -0.39 is 0 Å². The van der Waals surface area contributed by atoms with Crippen LogP contribution in [0.2, 0.25) is 0 Å². The average molecular weight is 535 g/mol. The van der Waals surface area contributed by atoms with E-state index in [9.17, 15) is 9.59 Å². The van der Waals surface area contributed by atoms with Crippen molar-refractivity contribution in [1.29, 1.82) is 0 Å². The molecule has 0 bridgehead atoms. The van der Waals surface area contributed by atoms with Crippen LogP contribution in [-0.2, 0) is 29.6 Å². The highest BCUT2D eigenvalue weighted by molar-refractivity contribution is 14.1. The van der Waals surface area contributed by atoms with Crippen LogP contribution in [-0.4, -0.2) is 32.3 Å². The van der Waals surface area contributed by atoms with Gasteiger partial charge in [0, 0.05) is 16.3 Å². The fourth-order valence-electron chi connectivity index (χ4n) is 2.73. The Morgan fingerprint density at radius 3 is 2.60 bits per heavy atom. The molecule has 2 aromatic carbocycles. The number of benzene rings is 2. The van der Waals surface area contributed by atoms with Crippen LogP contribution in [0.1, 0.15) is 17.0 Å². The molecule has 1 heterocycles. The predicted molar refractivity (Wildman–Crippen MR) is 126 cm³/mol. The van der Waals surface area contributed by atoms with Gasteiger partial charge in [-0.15, -0.1) is 10.2 Å². The van der Waals surface area contributed by atoms with Crippen LogP contribution in [0.15, 0.2) is 53.7 Å². The smallest absolute Gasteiger partial charge is 0.234 e. The molecule has 7 nitrogen and oxygen atoms in total. The van der Waals surface area contributed by atoms with Gasteiger partial charge in [-0.3, -0.25) is 9.59 Å². The molecule has 0 fully saturated rings. The molecule has 0 unspecified atom stereocenters. The van der Waals surface area contributed by atoms with Gasteiger partial charge in [0.25, 0.3) is 0 Å². The molecule has 1 aromatic heterocycles. The van der Waals surface area contributed by atoms with Crippen molar-refractivity contribution >= 4 is 51.9 Å². The minimum Gasteiger partial charge on any atom is -0.349 e. The molecule has 0 aliphatic carbocycles. The summed E-state index contributed by atoms with van der Waals surface area (Å²) in [4.78, 5) is 24.4. The molecule has 0 atom stereocenters. The summed E-state index contributed by atoms with van der Waals surface area (Å²) in [5.74, 6) is 0.668. The van der Waals surface area contributed by atoms with Gasteiger partial charge in [0.15, 0.2) is 11.0 Å². The molecule has 0 saturated carbocycles. The Balaban J connectivity index is 1.48. The molecule has 2 amide bonds. The molecule has 156 valence electrons. The molecule has 0 saturated heterocycles. The molecule has 9 heteroatoms. The number of anilines is 1. The Morgan fingerprint density at radius 1 is 1.10 bits per heavy atom. The van der Waals surface area contributed by atoms with Gasteiger partial charge < -0.3 is 15.2 Å². The van der Waals surface area contributed by atoms with E-state index in [1.54, 1.807) is 4.57 Å². The summed E-state index contributed by atoms with van der Waals surface area (Å²) in [6.07, 6.45) is 0.318. The molecule has 0 aliphatic rings. The zero-order valence-corrected chi connectivity index (χ0v) is 19.7. The van der Waals surface area contributed by atoms with E-state index in [2.05, 4.69) is 43.4 Å². The normalized spacial score (nSPS) is 10.6. The summed E-state index contributed by atoms with van der Waals surface area (Å²) in [6.45, 7) is 2.25. The van der Waals surface area contributed by atoms with Gasteiger partial charge in [-0.25, -0.2) is 0 Å². The average Bonchev–Trinajstić information content (AvgIpc) is 3.07. The number of nitrogens with one attached hydrogen (secondary N) is 2. The highest BCUT2D eigenvalue weighted by atomic mass is 127. The fourth-order valence-corrected chi connectivity index (χ4v) is 4.11. The van der Waals surface area contributed by atoms with Gasteiger partial charge in [-0.1, -0.05) is 42.1 Å². The topological polar surface area (TPSA) is 88.9 Å². The molecule has 30 heavy (non-hydrogen) atoms. The van der Waals surface area contributed by atoms with Crippen molar-refractivity contribution in [1.82, 2.24) is 20.1 Å². The van der Waals surface area contributed by atoms with Crippen LogP contribution in [0.25, 0.3) is 0 Å². The number of rotatable bonds is 8. The Labute approximate surface area is 193 Å². The van der Waals surface area contributed by atoms with Gasteiger partial charge in [0.1, 0.15) is 0 Å². The third kappa shape index (κ3) is 6.30. The summed E-state index contributed by atoms with van der Waals surface area (Å²) in [5.41, 5.74) is 2.78. The Hall–Kier alpha value is -2.40. The van der Waals surface area contributed by atoms with Gasteiger partial charge in [0.05, 0.1) is 18.7 Å². The molecule has 0 spiro atoms. The van der Waals surface area contributed by atoms with E-state index in [0.29, 0.717) is 17.4 Å². The van der Waals surface area contributed by atoms with E-state index in [-0.39, 0.29) is 24.1 Å². The van der Waals surface area contributed by atoms with E-state index in [1.807, 2.05) is 62.5 Å². The van der Waals surface area contributed by atoms with E-state index in [4.69, 9.17) is 0 Å². The maximum atomic E-state index is 12.3. The van der Waals surface area contributed by atoms with Gasteiger partial charge in [-0.2, -0.15) is 0 Å². The minimum absolute atomic E-state index is 0.0781. The quantitative estimate of drug-likeness (QED) is 0.342. The third-order valence-electron chi connectivity index (χ3n) is 4.37. The summed E-state index contributed by atoms with van der Waals surface area (Å²) in [5, 5.41) is 14.7. The second-order valence-electron chi connectivity index (χ2n) is 6.69.